The zero-order valence-electron chi connectivity index (χ0n) is 16.6. The van der Waals surface area contributed by atoms with Crippen LogP contribution in [0.1, 0.15) is 21.6 Å². The molecule has 1 amide bonds. The van der Waals surface area contributed by atoms with Crippen LogP contribution in [0.2, 0.25) is 5.02 Å². The molecule has 0 aliphatic rings. The molecule has 0 radical (unpaired) electrons. The Bertz CT molecular complexity index is 1320. The van der Waals surface area contributed by atoms with Crippen molar-refractivity contribution in [3.8, 4) is 17.5 Å². The van der Waals surface area contributed by atoms with Gasteiger partial charge in [0.15, 0.2) is 0 Å². The number of benzene rings is 2. The Morgan fingerprint density at radius 2 is 1.91 bits per heavy atom. The maximum Gasteiger partial charge on any atom is 0.259 e. The van der Waals surface area contributed by atoms with Crippen LogP contribution >= 0.6 is 23.4 Å². The monoisotopic (exact) mass is 461 g/mol. The number of nitrogen functional groups attached to an aromatic ring is 1. The van der Waals surface area contributed by atoms with Crippen molar-refractivity contribution in [2.24, 2.45) is 0 Å². The van der Waals surface area contributed by atoms with Crippen LogP contribution in [0.4, 0.5) is 11.5 Å². The molecule has 2 aromatic carbocycles. The fourth-order valence-corrected chi connectivity index (χ4v) is 3.93. The van der Waals surface area contributed by atoms with E-state index in [0.29, 0.717) is 38.6 Å². The minimum Gasteiger partial charge on any atom is -0.444 e. The first-order valence-corrected chi connectivity index (χ1v) is 10.8. The summed E-state index contributed by atoms with van der Waals surface area (Å²) >= 11 is 7.47. The number of rotatable bonds is 6. The largest absolute Gasteiger partial charge is 0.444 e. The van der Waals surface area contributed by atoms with Gasteiger partial charge in [0.25, 0.3) is 5.91 Å². The Morgan fingerprint density at radius 1 is 1.16 bits per heavy atom. The summed E-state index contributed by atoms with van der Waals surface area (Å²) in [5.41, 5.74) is 8.37. The number of amides is 1. The van der Waals surface area contributed by atoms with E-state index in [9.17, 15) is 10.1 Å². The second-order valence-electron chi connectivity index (χ2n) is 6.62. The normalized spacial score (nSPS) is 10.5. The van der Waals surface area contributed by atoms with Crippen LogP contribution in [-0.4, -0.2) is 15.9 Å². The predicted octanol–water partition coefficient (Wildman–Crippen LogP) is 5.39. The van der Waals surface area contributed by atoms with Gasteiger partial charge in [-0.25, -0.2) is 9.97 Å². The summed E-state index contributed by atoms with van der Waals surface area (Å²) in [4.78, 5) is 21.3. The van der Waals surface area contributed by atoms with Crippen molar-refractivity contribution >= 4 is 40.8 Å². The summed E-state index contributed by atoms with van der Waals surface area (Å²) in [5, 5.41) is 13.3. The number of carbonyl (C=O) groups excluding carboxylic acids is 1. The first kappa shape index (κ1) is 21.4. The molecular formula is C23H16ClN5O2S. The van der Waals surface area contributed by atoms with Gasteiger partial charge in [0, 0.05) is 11.4 Å². The van der Waals surface area contributed by atoms with Crippen molar-refractivity contribution in [1.29, 1.82) is 5.26 Å². The summed E-state index contributed by atoms with van der Waals surface area (Å²) in [5.74, 6) is 0.407. The van der Waals surface area contributed by atoms with Crippen molar-refractivity contribution in [1.82, 2.24) is 9.97 Å². The average molecular weight is 462 g/mol. The molecule has 2 aromatic heterocycles. The number of thioether (sulfide) groups is 1. The van der Waals surface area contributed by atoms with Crippen LogP contribution in [0, 0.1) is 11.3 Å². The first-order valence-electron chi connectivity index (χ1n) is 9.44. The van der Waals surface area contributed by atoms with E-state index in [2.05, 4.69) is 21.4 Å². The van der Waals surface area contributed by atoms with Gasteiger partial charge in [0.2, 0.25) is 5.89 Å². The summed E-state index contributed by atoms with van der Waals surface area (Å²) in [6.45, 7) is 0. The first-order chi connectivity index (χ1) is 15.5. The standard InChI is InChI=1S/C23H16ClN5O2S/c24-19-9-5-4-8-17(19)22-28-16(12-31-22)13-32-23-14(11-25)10-18(20(26)29-23)21(30)27-15-6-2-1-3-7-15/h1-10,12H,13H2,(H2,26,29)(H,27,30). The van der Waals surface area contributed by atoms with Crippen molar-refractivity contribution in [3.05, 3.63) is 88.8 Å². The third-order valence-electron chi connectivity index (χ3n) is 4.43. The number of nitriles is 1. The number of nitrogens with zero attached hydrogens (tertiary/aromatic N) is 3. The third kappa shape index (κ3) is 4.75. The van der Waals surface area contributed by atoms with Gasteiger partial charge >= 0.3 is 0 Å². The Kier molecular flexibility index (Phi) is 6.40. The fraction of sp³-hybridized carbons (Fsp3) is 0.0435. The quantitative estimate of drug-likeness (QED) is 0.369. The highest BCUT2D eigenvalue weighted by atomic mass is 35.5. The van der Waals surface area contributed by atoms with Crippen LogP contribution in [0.15, 0.2) is 76.4 Å². The molecule has 0 spiro atoms. The molecular weight excluding hydrogens is 446 g/mol. The topological polar surface area (TPSA) is 118 Å². The lowest BCUT2D eigenvalue weighted by Crippen LogP contribution is -2.15. The molecule has 3 N–H and O–H groups in total. The molecule has 0 aliphatic carbocycles. The maximum absolute atomic E-state index is 12.6. The number of aromatic nitrogens is 2. The van der Waals surface area contributed by atoms with Crippen LogP contribution in [0.5, 0.6) is 0 Å². The number of anilines is 2. The summed E-state index contributed by atoms with van der Waals surface area (Å²) in [7, 11) is 0. The number of nitrogens with two attached hydrogens (primary N) is 1. The second kappa shape index (κ2) is 9.56. The van der Waals surface area contributed by atoms with Gasteiger partial charge in [-0.3, -0.25) is 4.79 Å². The molecule has 0 saturated heterocycles. The van der Waals surface area contributed by atoms with E-state index in [1.54, 1.807) is 30.3 Å². The van der Waals surface area contributed by atoms with Crippen molar-refractivity contribution in [3.63, 3.8) is 0 Å². The van der Waals surface area contributed by atoms with E-state index in [1.165, 1.54) is 24.1 Å². The smallest absolute Gasteiger partial charge is 0.259 e. The molecule has 0 saturated carbocycles. The zero-order chi connectivity index (χ0) is 22.5. The number of hydrogen-bond donors (Lipinski definition) is 2. The third-order valence-corrected chi connectivity index (χ3v) is 5.78. The SMILES string of the molecule is N#Cc1cc(C(=O)Nc2ccccc2)c(N)nc1SCc1coc(-c2ccccc2Cl)n1. The molecule has 0 unspecified atom stereocenters. The van der Waals surface area contributed by atoms with Crippen LogP contribution < -0.4 is 11.1 Å². The van der Waals surface area contributed by atoms with Gasteiger partial charge in [-0.05, 0) is 30.3 Å². The van der Waals surface area contributed by atoms with Crippen molar-refractivity contribution in [2.45, 2.75) is 10.8 Å². The molecule has 4 rings (SSSR count). The highest BCUT2D eigenvalue weighted by molar-refractivity contribution is 7.98. The highest BCUT2D eigenvalue weighted by Gasteiger charge is 2.17. The van der Waals surface area contributed by atoms with Gasteiger partial charge in [-0.1, -0.05) is 53.7 Å². The number of oxazole rings is 1. The predicted molar refractivity (Wildman–Crippen MR) is 124 cm³/mol. The van der Waals surface area contributed by atoms with E-state index in [4.69, 9.17) is 21.8 Å². The van der Waals surface area contributed by atoms with Gasteiger partial charge in [-0.15, -0.1) is 0 Å². The van der Waals surface area contributed by atoms with Gasteiger partial charge in [-0.2, -0.15) is 5.26 Å². The summed E-state index contributed by atoms with van der Waals surface area (Å²) in [6, 6.07) is 19.7. The number of para-hydroxylation sites is 1. The minimum atomic E-state index is -0.435. The van der Waals surface area contributed by atoms with Crippen molar-refractivity contribution < 1.29 is 9.21 Å². The average Bonchev–Trinajstić information content (AvgIpc) is 3.27. The number of nitrogens with one attached hydrogen (secondary N) is 1. The molecule has 0 atom stereocenters. The molecule has 7 nitrogen and oxygen atoms in total. The summed E-state index contributed by atoms with van der Waals surface area (Å²) in [6.07, 6.45) is 1.53. The van der Waals surface area contributed by atoms with E-state index in [1.807, 2.05) is 24.3 Å². The molecule has 0 bridgehead atoms. The Labute approximate surface area is 193 Å². The maximum atomic E-state index is 12.6. The molecule has 158 valence electrons. The molecule has 4 aromatic rings. The number of halogens is 1. The fourth-order valence-electron chi connectivity index (χ4n) is 2.88. The van der Waals surface area contributed by atoms with Gasteiger partial charge < -0.3 is 15.5 Å². The number of pyridine rings is 1. The van der Waals surface area contributed by atoms with E-state index >= 15 is 0 Å². The van der Waals surface area contributed by atoms with Crippen LogP contribution in [0.25, 0.3) is 11.5 Å². The molecule has 32 heavy (non-hydrogen) atoms. The van der Waals surface area contributed by atoms with E-state index in [0.717, 1.165) is 0 Å². The van der Waals surface area contributed by atoms with Gasteiger partial charge in [0.05, 0.1) is 27.4 Å². The van der Waals surface area contributed by atoms with E-state index in [-0.39, 0.29) is 16.9 Å². The van der Waals surface area contributed by atoms with Crippen LogP contribution in [0.3, 0.4) is 0 Å². The number of carbonyl (C=O) groups is 1. The Hall–Kier alpha value is -3.80. The van der Waals surface area contributed by atoms with Crippen LogP contribution in [-0.2, 0) is 5.75 Å². The molecule has 2 heterocycles. The van der Waals surface area contributed by atoms with Gasteiger partial charge in [0.1, 0.15) is 23.2 Å². The second-order valence-corrected chi connectivity index (χ2v) is 7.99. The lowest BCUT2D eigenvalue weighted by Gasteiger charge is -2.10. The van der Waals surface area contributed by atoms with E-state index < -0.39 is 5.91 Å². The lowest BCUT2D eigenvalue weighted by atomic mass is 10.2. The summed E-state index contributed by atoms with van der Waals surface area (Å²) < 4.78 is 5.54. The molecule has 9 heteroatoms. The highest BCUT2D eigenvalue weighted by Crippen LogP contribution is 2.30. The number of hydrogen-bond acceptors (Lipinski definition) is 7. The Balaban J connectivity index is 1.50. The Morgan fingerprint density at radius 3 is 2.66 bits per heavy atom. The lowest BCUT2D eigenvalue weighted by molar-refractivity contribution is 0.102. The minimum absolute atomic E-state index is 0.0387. The molecule has 0 fully saturated rings. The van der Waals surface area contributed by atoms with Crippen molar-refractivity contribution in [2.75, 3.05) is 11.1 Å². The molecule has 0 aliphatic heterocycles. The zero-order valence-corrected chi connectivity index (χ0v) is 18.2.